The van der Waals surface area contributed by atoms with Gasteiger partial charge in [0.15, 0.2) is 0 Å². The van der Waals surface area contributed by atoms with Gasteiger partial charge in [0.25, 0.3) is 0 Å². The molecule has 0 spiro atoms. The predicted molar refractivity (Wildman–Crippen MR) is 47.9 cm³/mol. The van der Waals surface area contributed by atoms with Gasteiger partial charge in [-0.05, 0) is 18.8 Å². The first kappa shape index (κ1) is 8.19. The molecule has 0 aromatic rings. The molecule has 1 aliphatic heterocycles. The van der Waals surface area contributed by atoms with Crippen molar-refractivity contribution < 1.29 is 0 Å². The summed E-state index contributed by atoms with van der Waals surface area (Å²) in [7, 11) is 0. The van der Waals surface area contributed by atoms with Crippen LogP contribution in [0.2, 0.25) is 0 Å². The summed E-state index contributed by atoms with van der Waals surface area (Å²) in [6.45, 7) is 4.52. The van der Waals surface area contributed by atoms with Crippen LogP contribution in [0.15, 0.2) is 6.08 Å². The third kappa shape index (κ3) is 1.79. The van der Waals surface area contributed by atoms with E-state index >= 15 is 0 Å². The van der Waals surface area contributed by atoms with Crippen molar-refractivity contribution in [1.82, 2.24) is 0 Å². The molecule has 0 saturated carbocycles. The molecular formula is C9H15S. The number of allylic oxidation sites excluding steroid dienone is 1. The van der Waals surface area contributed by atoms with Crippen molar-refractivity contribution >= 4 is 11.8 Å². The van der Waals surface area contributed by atoms with Gasteiger partial charge in [-0.3, -0.25) is 0 Å². The lowest BCUT2D eigenvalue weighted by molar-refractivity contribution is 0.565. The lowest BCUT2D eigenvalue weighted by Crippen LogP contribution is -2.09. The molecule has 0 aromatic heterocycles. The predicted octanol–water partition coefficient (Wildman–Crippen LogP) is 3.24. The summed E-state index contributed by atoms with van der Waals surface area (Å²) >= 11 is 1.89. The van der Waals surface area contributed by atoms with Crippen molar-refractivity contribution in [2.75, 3.05) is 0 Å². The van der Waals surface area contributed by atoms with Crippen molar-refractivity contribution in [3.05, 3.63) is 11.5 Å². The van der Waals surface area contributed by atoms with Gasteiger partial charge < -0.3 is 0 Å². The minimum atomic E-state index is 0.810. The summed E-state index contributed by atoms with van der Waals surface area (Å²) in [6.07, 6.45) is 6.19. The molecule has 0 nitrogen and oxygen atoms in total. The van der Waals surface area contributed by atoms with Gasteiger partial charge in [0.1, 0.15) is 0 Å². The van der Waals surface area contributed by atoms with Crippen LogP contribution in [0.25, 0.3) is 0 Å². The molecule has 0 aliphatic carbocycles. The minimum absolute atomic E-state index is 0.810. The second-order valence-corrected chi connectivity index (χ2v) is 3.88. The molecule has 2 unspecified atom stereocenters. The average molecular weight is 155 g/mol. The van der Waals surface area contributed by atoms with Gasteiger partial charge in [0.2, 0.25) is 0 Å². The maximum atomic E-state index is 3.25. The van der Waals surface area contributed by atoms with Crippen LogP contribution in [0, 0.1) is 11.3 Å². The second-order valence-electron chi connectivity index (χ2n) is 2.80. The summed E-state index contributed by atoms with van der Waals surface area (Å²) in [5.74, 6) is 0.810. The zero-order chi connectivity index (χ0) is 7.40. The van der Waals surface area contributed by atoms with Crippen molar-refractivity contribution in [3.63, 3.8) is 0 Å². The fraction of sp³-hybridized carbons (Fsp3) is 0.778. The molecule has 1 heterocycles. The Kier molecular flexibility index (Phi) is 3.33. The van der Waals surface area contributed by atoms with E-state index in [4.69, 9.17) is 0 Å². The van der Waals surface area contributed by atoms with Crippen molar-refractivity contribution in [3.8, 4) is 0 Å². The van der Waals surface area contributed by atoms with E-state index in [1.165, 1.54) is 19.3 Å². The quantitative estimate of drug-likeness (QED) is 0.603. The van der Waals surface area contributed by atoms with E-state index in [0.29, 0.717) is 0 Å². The van der Waals surface area contributed by atoms with Gasteiger partial charge in [-0.15, -0.1) is 11.8 Å². The summed E-state index contributed by atoms with van der Waals surface area (Å²) in [5, 5.41) is 4.09. The van der Waals surface area contributed by atoms with Gasteiger partial charge in [-0.1, -0.05) is 26.3 Å². The van der Waals surface area contributed by atoms with E-state index in [1.807, 2.05) is 11.8 Å². The van der Waals surface area contributed by atoms with Gasteiger partial charge in [0.05, 0.1) is 0 Å². The first-order valence-corrected chi connectivity index (χ1v) is 5.01. The first-order valence-electron chi connectivity index (χ1n) is 4.13. The first-order chi connectivity index (χ1) is 4.88. The maximum Gasteiger partial charge on any atom is 0.0171 e. The van der Waals surface area contributed by atoms with Crippen LogP contribution in [-0.4, -0.2) is 5.25 Å². The van der Waals surface area contributed by atoms with Crippen molar-refractivity contribution in [1.29, 1.82) is 0 Å². The summed E-state index contributed by atoms with van der Waals surface area (Å²) in [6, 6.07) is 0. The topological polar surface area (TPSA) is 0 Å². The Morgan fingerprint density at radius 1 is 1.50 bits per heavy atom. The van der Waals surface area contributed by atoms with E-state index in [2.05, 4.69) is 25.3 Å². The van der Waals surface area contributed by atoms with Crippen LogP contribution >= 0.6 is 11.8 Å². The summed E-state index contributed by atoms with van der Waals surface area (Å²) in [5.41, 5.74) is 0. The van der Waals surface area contributed by atoms with Gasteiger partial charge in [-0.2, -0.15) is 0 Å². The van der Waals surface area contributed by atoms with Gasteiger partial charge in [0, 0.05) is 10.7 Å². The molecule has 1 aliphatic rings. The zero-order valence-corrected chi connectivity index (χ0v) is 7.58. The standard InChI is InChI=1S/C9H15S/c1-3-5-9-8(4-2)6-7-10-9/h6,8-9H,3-5H2,1-2H3. The SMILES string of the molecule is CCCC1S[C]=CC1CC. The highest BCUT2D eigenvalue weighted by molar-refractivity contribution is 8.01. The largest absolute Gasteiger partial charge is 0.121 e. The Labute approximate surface area is 68.1 Å². The van der Waals surface area contributed by atoms with E-state index < -0.39 is 0 Å². The smallest absolute Gasteiger partial charge is 0.0171 e. The molecular weight excluding hydrogens is 140 g/mol. The monoisotopic (exact) mass is 155 g/mol. The third-order valence-electron chi connectivity index (χ3n) is 2.02. The van der Waals surface area contributed by atoms with Crippen LogP contribution in [0.1, 0.15) is 33.1 Å². The molecule has 0 amide bonds. The number of hydrogen-bond acceptors (Lipinski definition) is 1. The van der Waals surface area contributed by atoms with Crippen molar-refractivity contribution in [2.24, 2.45) is 5.92 Å². The van der Waals surface area contributed by atoms with Crippen LogP contribution in [0.4, 0.5) is 0 Å². The van der Waals surface area contributed by atoms with Crippen molar-refractivity contribution in [2.45, 2.75) is 38.4 Å². The highest BCUT2D eigenvalue weighted by Crippen LogP contribution is 2.33. The molecule has 2 atom stereocenters. The normalized spacial score (nSPS) is 31.4. The molecule has 1 radical (unpaired) electrons. The molecule has 0 N–H and O–H groups in total. The van der Waals surface area contributed by atoms with Gasteiger partial charge in [-0.25, -0.2) is 0 Å². The zero-order valence-electron chi connectivity index (χ0n) is 6.76. The number of thioether (sulfide) groups is 1. The highest BCUT2D eigenvalue weighted by Gasteiger charge is 2.20. The van der Waals surface area contributed by atoms with E-state index in [1.54, 1.807) is 0 Å². The van der Waals surface area contributed by atoms with E-state index in [9.17, 15) is 0 Å². The van der Waals surface area contributed by atoms with Crippen LogP contribution in [0.5, 0.6) is 0 Å². The molecule has 0 saturated heterocycles. The van der Waals surface area contributed by atoms with Crippen LogP contribution in [-0.2, 0) is 0 Å². The highest BCUT2D eigenvalue weighted by atomic mass is 32.2. The van der Waals surface area contributed by atoms with E-state index in [0.717, 1.165) is 11.2 Å². The molecule has 0 fully saturated rings. The Morgan fingerprint density at radius 3 is 2.90 bits per heavy atom. The van der Waals surface area contributed by atoms with Crippen LogP contribution in [0.3, 0.4) is 0 Å². The molecule has 1 heteroatoms. The molecule has 0 bridgehead atoms. The lowest BCUT2D eigenvalue weighted by Gasteiger charge is -2.14. The molecule has 1 rings (SSSR count). The summed E-state index contributed by atoms with van der Waals surface area (Å²) in [4.78, 5) is 0. The Morgan fingerprint density at radius 2 is 2.30 bits per heavy atom. The van der Waals surface area contributed by atoms with E-state index in [-0.39, 0.29) is 0 Å². The van der Waals surface area contributed by atoms with Gasteiger partial charge >= 0.3 is 0 Å². The maximum absolute atomic E-state index is 3.25. The number of rotatable bonds is 3. The van der Waals surface area contributed by atoms with Crippen LogP contribution < -0.4 is 0 Å². The molecule has 57 valence electrons. The number of hydrogen-bond donors (Lipinski definition) is 0. The molecule has 0 aromatic carbocycles. The fourth-order valence-electron chi connectivity index (χ4n) is 1.35. The fourth-order valence-corrected chi connectivity index (χ4v) is 2.57. The Bertz CT molecular complexity index is 118. The Hall–Kier alpha value is 0.0900. The average Bonchev–Trinajstić information content (AvgIpc) is 2.36. The minimum Gasteiger partial charge on any atom is -0.121 e. The Balaban J connectivity index is 2.32. The lowest BCUT2D eigenvalue weighted by atomic mass is 9.99. The molecule has 10 heavy (non-hydrogen) atoms. The summed E-state index contributed by atoms with van der Waals surface area (Å²) < 4.78 is 0. The third-order valence-corrected chi connectivity index (χ3v) is 3.18. The second kappa shape index (κ2) is 4.07.